The summed E-state index contributed by atoms with van der Waals surface area (Å²) in [6.07, 6.45) is 0.756. The van der Waals surface area contributed by atoms with Gasteiger partial charge in [-0.3, -0.25) is 9.59 Å². The second kappa shape index (κ2) is 7.70. The van der Waals surface area contributed by atoms with Gasteiger partial charge in [-0.05, 0) is 36.2 Å². The van der Waals surface area contributed by atoms with E-state index in [9.17, 15) is 14.0 Å². The van der Waals surface area contributed by atoms with E-state index < -0.39 is 11.9 Å². The minimum Gasteiger partial charge on any atom is -0.358 e. The van der Waals surface area contributed by atoms with Gasteiger partial charge in [-0.2, -0.15) is 0 Å². The van der Waals surface area contributed by atoms with Crippen LogP contribution >= 0.6 is 0 Å². The highest BCUT2D eigenvalue weighted by atomic mass is 19.1. The molecular weight excluding hydrogens is 369 g/mol. The van der Waals surface area contributed by atoms with E-state index in [4.69, 9.17) is 0 Å². The molecule has 1 aromatic heterocycles. The molecule has 6 heteroatoms. The molecule has 1 atom stereocenters. The zero-order chi connectivity index (χ0) is 20.5. The Balaban J connectivity index is 1.53. The van der Waals surface area contributed by atoms with Gasteiger partial charge in [0.05, 0.1) is 0 Å². The van der Waals surface area contributed by atoms with E-state index in [0.717, 1.165) is 22.9 Å². The SMILES string of the molecule is CC(C)[C@H](NC(=O)c1ccc(F)cc1)C(=O)N1CCc2[nH]c3ccccc3c2C1. The number of halogens is 1. The van der Waals surface area contributed by atoms with Crippen molar-refractivity contribution in [1.29, 1.82) is 0 Å². The van der Waals surface area contributed by atoms with Crippen molar-refractivity contribution in [1.82, 2.24) is 15.2 Å². The van der Waals surface area contributed by atoms with Gasteiger partial charge in [0.25, 0.3) is 5.91 Å². The molecule has 4 rings (SSSR count). The van der Waals surface area contributed by atoms with Crippen molar-refractivity contribution in [3.63, 3.8) is 0 Å². The second-order valence-electron chi connectivity index (χ2n) is 7.84. The molecule has 3 aromatic rings. The second-order valence-corrected chi connectivity index (χ2v) is 7.84. The zero-order valence-corrected chi connectivity index (χ0v) is 16.5. The molecule has 29 heavy (non-hydrogen) atoms. The number of benzene rings is 2. The zero-order valence-electron chi connectivity index (χ0n) is 16.5. The van der Waals surface area contributed by atoms with Crippen LogP contribution in [0.4, 0.5) is 4.39 Å². The summed E-state index contributed by atoms with van der Waals surface area (Å²) in [6, 6.07) is 12.8. The van der Waals surface area contributed by atoms with Crippen LogP contribution in [0.3, 0.4) is 0 Å². The summed E-state index contributed by atoms with van der Waals surface area (Å²) < 4.78 is 13.1. The minimum absolute atomic E-state index is 0.0729. The molecule has 150 valence electrons. The molecule has 0 bridgehead atoms. The average molecular weight is 393 g/mol. The van der Waals surface area contributed by atoms with E-state index in [1.165, 1.54) is 30.0 Å². The predicted molar refractivity (Wildman–Crippen MR) is 110 cm³/mol. The summed E-state index contributed by atoms with van der Waals surface area (Å²) in [7, 11) is 0. The van der Waals surface area contributed by atoms with Crippen LogP contribution in [0.2, 0.25) is 0 Å². The average Bonchev–Trinajstić information content (AvgIpc) is 3.09. The van der Waals surface area contributed by atoms with Gasteiger partial charge in [0.1, 0.15) is 11.9 Å². The molecule has 1 aliphatic heterocycles. The molecule has 2 amide bonds. The van der Waals surface area contributed by atoms with Crippen molar-refractivity contribution < 1.29 is 14.0 Å². The number of carbonyl (C=O) groups excluding carboxylic acids is 2. The first kappa shape index (κ1) is 19.2. The first-order valence-electron chi connectivity index (χ1n) is 9.87. The predicted octanol–water partition coefficient (Wildman–Crippen LogP) is 3.65. The fourth-order valence-electron chi connectivity index (χ4n) is 3.89. The number of nitrogens with zero attached hydrogens (tertiary/aromatic N) is 1. The van der Waals surface area contributed by atoms with Crippen LogP contribution < -0.4 is 5.32 Å². The molecule has 2 heterocycles. The number of hydrogen-bond donors (Lipinski definition) is 2. The van der Waals surface area contributed by atoms with Crippen LogP contribution in [0.1, 0.15) is 35.5 Å². The Hall–Kier alpha value is -3.15. The normalized spacial score (nSPS) is 14.7. The molecule has 5 nitrogen and oxygen atoms in total. The van der Waals surface area contributed by atoms with Crippen LogP contribution in [-0.4, -0.2) is 34.3 Å². The molecule has 0 fully saturated rings. The quantitative estimate of drug-likeness (QED) is 0.711. The molecule has 0 saturated carbocycles. The maximum atomic E-state index is 13.3. The third-order valence-corrected chi connectivity index (χ3v) is 5.52. The van der Waals surface area contributed by atoms with Gasteiger partial charge in [-0.15, -0.1) is 0 Å². The summed E-state index contributed by atoms with van der Waals surface area (Å²) in [5.74, 6) is -0.939. The molecule has 0 radical (unpaired) electrons. The van der Waals surface area contributed by atoms with Gasteiger partial charge in [-0.25, -0.2) is 4.39 Å². The van der Waals surface area contributed by atoms with Gasteiger partial charge >= 0.3 is 0 Å². The number of hydrogen-bond acceptors (Lipinski definition) is 2. The van der Waals surface area contributed by atoms with Crippen molar-refractivity contribution >= 4 is 22.7 Å². The number of aromatic amines is 1. The summed E-state index contributed by atoms with van der Waals surface area (Å²) >= 11 is 0. The molecule has 2 N–H and O–H groups in total. The molecule has 0 spiro atoms. The Labute approximate surface area is 168 Å². The number of amides is 2. The standard InChI is InChI=1S/C23H24FN3O2/c1-14(2)21(26-22(28)15-7-9-16(24)10-8-15)23(29)27-12-11-20-18(13-27)17-5-3-4-6-19(17)25-20/h3-10,14,21,25H,11-13H2,1-2H3,(H,26,28)/t21-/m0/s1. The maximum absolute atomic E-state index is 13.3. The van der Waals surface area contributed by atoms with E-state index in [0.29, 0.717) is 18.7 Å². The van der Waals surface area contributed by atoms with Crippen LogP contribution in [-0.2, 0) is 17.8 Å². The third-order valence-electron chi connectivity index (χ3n) is 5.52. The first-order valence-corrected chi connectivity index (χ1v) is 9.87. The lowest BCUT2D eigenvalue weighted by molar-refractivity contribution is -0.135. The number of para-hydroxylation sites is 1. The van der Waals surface area contributed by atoms with E-state index >= 15 is 0 Å². The highest BCUT2D eigenvalue weighted by molar-refractivity contribution is 5.97. The van der Waals surface area contributed by atoms with Crippen molar-refractivity contribution in [2.45, 2.75) is 32.9 Å². The topological polar surface area (TPSA) is 65.2 Å². The van der Waals surface area contributed by atoms with Crippen LogP contribution in [0.15, 0.2) is 48.5 Å². The van der Waals surface area contributed by atoms with E-state index in [1.54, 1.807) is 0 Å². The highest BCUT2D eigenvalue weighted by Gasteiger charge is 2.32. The van der Waals surface area contributed by atoms with E-state index in [2.05, 4.69) is 16.4 Å². The number of carbonyl (C=O) groups is 2. The van der Waals surface area contributed by atoms with Crippen molar-refractivity contribution in [2.75, 3.05) is 6.54 Å². The molecule has 0 aliphatic carbocycles. The van der Waals surface area contributed by atoms with Crippen LogP contribution in [0.25, 0.3) is 10.9 Å². The molecule has 2 aromatic carbocycles. The van der Waals surface area contributed by atoms with Gasteiger partial charge in [0.15, 0.2) is 0 Å². The Morgan fingerprint density at radius 1 is 1.10 bits per heavy atom. The smallest absolute Gasteiger partial charge is 0.251 e. The van der Waals surface area contributed by atoms with Crippen molar-refractivity contribution in [3.05, 3.63) is 71.2 Å². The monoisotopic (exact) mass is 393 g/mol. The molecular formula is C23H24FN3O2. The van der Waals surface area contributed by atoms with Gasteiger partial charge in [0.2, 0.25) is 5.91 Å². The Morgan fingerprint density at radius 3 is 2.55 bits per heavy atom. The molecule has 0 unspecified atom stereocenters. The number of H-pyrrole nitrogens is 1. The number of nitrogens with one attached hydrogen (secondary N) is 2. The summed E-state index contributed by atoms with van der Waals surface area (Å²) in [4.78, 5) is 31.1. The minimum atomic E-state index is -0.640. The highest BCUT2D eigenvalue weighted by Crippen LogP contribution is 2.28. The van der Waals surface area contributed by atoms with Gasteiger partial charge in [0, 0.05) is 47.2 Å². The first-order chi connectivity index (χ1) is 13.9. The van der Waals surface area contributed by atoms with Crippen LogP contribution in [0, 0.1) is 11.7 Å². The molecule has 0 saturated heterocycles. The van der Waals surface area contributed by atoms with Gasteiger partial charge < -0.3 is 15.2 Å². The van der Waals surface area contributed by atoms with Crippen molar-refractivity contribution in [3.8, 4) is 0 Å². The summed E-state index contributed by atoms with van der Waals surface area (Å²) in [6.45, 7) is 4.95. The number of rotatable bonds is 4. The van der Waals surface area contributed by atoms with E-state index in [1.807, 2.05) is 36.9 Å². The van der Waals surface area contributed by atoms with E-state index in [-0.39, 0.29) is 17.7 Å². The lowest BCUT2D eigenvalue weighted by Gasteiger charge is -2.32. The number of fused-ring (bicyclic) bond motifs is 3. The summed E-state index contributed by atoms with van der Waals surface area (Å²) in [5, 5.41) is 3.98. The molecule has 1 aliphatic rings. The largest absolute Gasteiger partial charge is 0.358 e. The fourth-order valence-corrected chi connectivity index (χ4v) is 3.89. The lowest BCUT2D eigenvalue weighted by Crippen LogP contribution is -2.52. The fraction of sp³-hybridized carbons (Fsp3) is 0.304. The Kier molecular flexibility index (Phi) is 5.09. The van der Waals surface area contributed by atoms with Gasteiger partial charge in [-0.1, -0.05) is 32.0 Å². The summed E-state index contributed by atoms with van der Waals surface area (Å²) in [5.41, 5.74) is 3.73. The lowest BCUT2D eigenvalue weighted by atomic mass is 9.99. The third kappa shape index (κ3) is 3.75. The Bertz CT molecular complexity index is 1060. The van der Waals surface area contributed by atoms with Crippen molar-refractivity contribution in [2.24, 2.45) is 5.92 Å². The van der Waals surface area contributed by atoms with Crippen LogP contribution in [0.5, 0.6) is 0 Å². The number of aromatic nitrogens is 1. The maximum Gasteiger partial charge on any atom is 0.251 e. The Morgan fingerprint density at radius 2 is 1.83 bits per heavy atom.